The molecule has 2 aliphatic rings. The van der Waals surface area contributed by atoms with Crippen molar-refractivity contribution in [3.8, 4) is 32.8 Å². The number of thiophene rings is 1. The van der Waals surface area contributed by atoms with Gasteiger partial charge in [0.1, 0.15) is 39.4 Å². The number of rotatable bonds is 11. The number of benzene rings is 2. The number of hydrogen-bond donors (Lipinski definition) is 4. The van der Waals surface area contributed by atoms with Crippen LogP contribution in [0.25, 0.3) is 43.2 Å². The van der Waals surface area contributed by atoms with Gasteiger partial charge in [-0.2, -0.15) is 0 Å². The average Bonchev–Trinajstić information content (AvgIpc) is 4.07. The highest BCUT2D eigenvalue weighted by Crippen LogP contribution is 2.40. The summed E-state index contributed by atoms with van der Waals surface area (Å²) < 4.78 is 9.56. The maximum Gasteiger partial charge on any atom is 0.407 e. The number of likely N-dealkylation sites (tertiary alicyclic amines) is 2. The standard InChI is InChI=1S/C44H53ClN8O6S/c1-22(2)34(48-43(56)58-7)41(54)52-20-24(5)17-31(52)38-46-30-19-33(60-40(30)51-38)28-13-9-26(10-14-28)27-11-15-29(16-12-27)36-37(45)50-39(47-36)32-18-25(6)21-53(32)42(55)35(23(3)4)49-44(57)59-8/h9-16,19,22-25,31-32,34-35H,17-18,20-21H2,1-8H3,(H,46,51)(H,47,50)(H,48,56)(H,49,57)/t24-,25-,31-,32-,34-,35-/m0/s1. The minimum absolute atomic E-state index is 0.112. The number of methoxy groups -OCH3 is 2. The third-order valence-electron chi connectivity index (χ3n) is 11.5. The van der Waals surface area contributed by atoms with Gasteiger partial charge in [0.15, 0.2) is 0 Å². The van der Waals surface area contributed by atoms with Crippen molar-refractivity contribution in [2.24, 2.45) is 23.7 Å². The molecule has 7 rings (SSSR count). The zero-order chi connectivity index (χ0) is 43.0. The molecule has 5 aromatic rings. The van der Waals surface area contributed by atoms with E-state index in [0.29, 0.717) is 36.2 Å². The van der Waals surface area contributed by atoms with Gasteiger partial charge in [0.2, 0.25) is 11.8 Å². The van der Waals surface area contributed by atoms with E-state index in [0.717, 1.165) is 49.7 Å². The Kier molecular flexibility index (Phi) is 12.6. The third kappa shape index (κ3) is 8.73. The number of carbonyl (C=O) groups is 4. The molecule has 0 saturated carbocycles. The van der Waals surface area contributed by atoms with Crippen molar-refractivity contribution in [3.05, 3.63) is 71.4 Å². The lowest BCUT2D eigenvalue weighted by atomic mass is 10.0. The lowest BCUT2D eigenvalue weighted by Gasteiger charge is -2.30. The van der Waals surface area contributed by atoms with Crippen LogP contribution in [0.15, 0.2) is 54.6 Å². The second kappa shape index (κ2) is 17.7. The molecule has 0 spiro atoms. The number of nitrogens with zero attached hydrogens (tertiary/aromatic N) is 4. The Morgan fingerprint density at radius 1 is 0.717 bits per heavy atom. The first-order valence-corrected chi connectivity index (χ1v) is 21.6. The maximum atomic E-state index is 13.7. The average molecular weight is 857 g/mol. The Balaban J connectivity index is 1.03. The van der Waals surface area contributed by atoms with Crippen molar-refractivity contribution in [3.63, 3.8) is 0 Å². The van der Waals surface area contributed by atoms with Crippen LogP contribution >= 0.6 is 22.9 Å². The smallest absolute Gasteiger partial charge is 0.407 e. The fourth-order valence-electron chi connectivity index (χ4n) is 8.35. The molecule has 3 aromatic heterocycles. The topological polar surface area (TPSA) is 175 Å². The highest BCUT2D eigenvalue weighted by Gasteiger charge is 2.42. The van der Waals surface area contributed by atoms with Gasteiger partial charge in [-0.25, -0.2) is 19.6 Å². The van der Waals surface area contributed by atoms with Crippen molar-refractivity contribution in [2.75, 3.05) is 27.3 Å². The normalized spacial score (nSPS) is 20.2. The zero-order valence-corrected chi connectivity index (χ0v) is 36.7. The highest BCUT2D eigenvalue weighted by molar-refractivity contribution is 7.21. The number of aromatic amines is 2. The van der Waals surface area contributed by atoms with Crippen molar-refractivity contribution in [2.45, 2.75) is 78.6 Å². The fourth-order valence-corrected chi connectivity index (χ4v) is 9.60. The number of halogens is 1. The van der Waals surface area contributed by atoms with Gasteiger partial charge >= 0.3 is 12.2 Å². The van der Waals surface area contributed by atoms with Crippen LogP contribution < -0.4 is 10.6 Å². The summed E-state index contributed by atoms with van der Waals surface area (Å²) in [6, 6.07) is 16.6. The number of carbonyl (C=O) groups excluding carboxylic acids is 4. The van der Waals surface area contributed by atoms with E-state index in [2.05, 4.69) is 64.8 Å². The maximum absolute atomic E-state index is 13.7. The van der Waals surface area contributed by atoms with Crippen LogP contribution in [0.1, 0.15) is 78.1 Å². The van der Waals surface area contributed by atoms with E-state index < -0.39 is 24.3 Å². The Labute approximate surface area is 358 Å². The number of ether oxygens (including phenoxy) is 2. The molecule has 2 aromatic carbocycles. The summed E-state index contributed by atoms with van der Waals surface area (Å²) >= 11 is 8.35. The molecule has 0 aliphatic carbocycles. The van der Waals surface area contributed by atoms with Crippen molar-refractivity contribution >= 4 is 57.3 Å². The van der Waals surface area contributed by atoms with E-state index in [4.69, 9.17) is 31.0 Å². The quantitative estimate of drug-likeness (QED) is 0.102. The molecular formula is C44H53ClN8O6S. The number of hydrogen-bond acceptors (Lipinski definition) is 9. The molecule has 16 heteroatoms. The summed E-state index contributed by atoms with van der Waals surface area (Å²) in [6.07, 6.45) is 0.221. The second-order valence-electron chi connectivity index (χ2n) is 16.8. The summed E-state index contributed by atoms with van der Waals surface area (Å²) in [5.74, 6) is 1.31. The van der Waals surface area contributed by atoms with E-state index >= 15 is 0 Å². The number of nitrogens with one attached hydrogen (secondary N) is 4. The Morgan fingerprint density at radius 2 is 1.17 bits per heavy atom. The predicted molar refractivity (Wildman–Crippen MR) is 232 cm³/mol. The second-order valence-corrected chi connectivity index (χ2v) is 18.2. The van der Waals surface area contributed by atoms with Crippen molar-refractivity contribution in [1.82, 2.24) is 40.4 Å². The number of aromatic nitrogens is 4. The van der Waals surface area contributed by atoms with Gasteiger partial charge in [-0.05, 0) is 59.3 Å². The van der Waals surface area contributed by atoms with E-state index in [1.807, 2.05) is 56.9 Å². The summed E-state index contributed by atoms with van der Waals surface area (Å²) in [5, 5.41) is 5.81. The number of H-pyrrole nitrogens is 2. The Hall–Kier alpha value is -5.41. The molecule has 2 saturated heterocycles. The number of amides is 4. The van der Waals surface area contributed by atoms with E-state index in [-0.39, 0.29) is 47.6 Å². The summed E-state index contributed by atoms with van der Waals surface area (Å²) in [5.41, 5.74) is 5.53. The lowest BCUT2D eigenvalue weighted by molar-refractivity contribution is -0.136. The van der Waals surface area contributed by atoms with Crippen LogP contribution in [0.3, 0.4) is 0 Å². The third-order valence-corrected chi connectivity index (χ3v) is 12.9. The largest absolute Gasteiger partial charge is 0.453 e. The zero-order valence-electron chi connectivity index (χ0n) is 35.2. The molecule has 4 amide bonds. The van der Waals surface area contributed by atoms with Crippen molar-refractivity contribution < 1.29 is 28.7 Å². The minimum atomic E-state index is -0.733. The fraction of sp³-hybridized carbons (Fsp3) is 0.455. The van der Waals surface area contributed by atoms with Gasteiger partial charge < -0.3 is 39.9 Å². The molecule has 0 unspecified atom stereocenters. The molecular weight excluding hydrogens is 804 g/mol. The van der Waals surface area contributed by atoms with Crippen LogP contribution in [-0.4, -0.2) is 93.1 Å². The van der Waals surface area contributed by atoms with Crippen LogP contribution in [0.4, 0.5) is 9.59 Å². The first-order chi connectivity index (χ1) is 28.6. The van der Waals surface area contributed by atoms with Gasteiger partial charge in [-0.15, -0.1) is 11.3 Å². The highest BCUT2D eigenvalue weighted by atomic mass is 35.5. The van der Waals surface area contributed by atoms with Crippen LogP contribution in [0, 0.1) is 23.7 Å². The molecule has 4 N–H and O–H groups in total. The SMILES string of the molecule is COC(=O)N[C@H](C(=O)N1C[C@@H](C)C[C@H]1c1nc(-c2ccc(-c3ccc(-c4cc5[nH]c([C@@H]6C[C@H](C)CN6C(=O)[C@@H](NC(=O)OC)C(C)C)nc5s4)cc3)cc2)c(Cl)[nH]1)C(C)C. The molecule has 14 nitrogen and oxygen atoms in total. The predicted octanol–water partition coefficient (Wildman–Crippen LogP) is 8.58. The van der Waals surface area contributed by atoms with Crippen molar-refractivity contribution in [1.29, 1.82) is 0 Å². The van der Waals surface area contributed by atoms with Gasteiger partial charge in [0, 0.05) is 23.5 Å². The molecule has 0 bridgehead atoms. The van der Waals surface area contributed by atoms with E-state index in [9.17, 15) is 19.2 Å². The van der Waals surface area contributed by atoms with Gasteiger partial charge in [0.05, 0.1) is 31.8 Å². The van der Waals surface area contributed by atoms with Crippen LogP contribution in [0.5, 0.6) is 0 Å². The molecule has 0 radical (unpaired) electrons. The Morgan fingerprint density at radius 3 is 1.62 bits per heavy atom. The summed E-state index contributed by atoms with van der Waals surface area (Å²) in [4.78, 5) is 73.7. The molecule has 2 fully saturated rings. The molecule has 5 heterocycles. The van der Waals surface area contributed by atoms with Gasteiger partial charge in [0.25, 0.3) is 0 Å². The van der Waals surface area contributed by atoms with Gasteiger partial charge in [-0.1, -0.05) is 102 Å². The Bertz CT molecular complexity index is 2320. The molecule has 60 heavy (non-hydrogen) atoms. The molecule has 6 atom stereocenters. The minimum Gasteiger partial charge on any atom is -0.453 e. The van der Waals surface area contributed by atoms with Crippen LogP contribution in [-0.2, 0) is 19.1 Å². The van der Waals surface area contributed by atoms with Gasteiger partial charge in [-0.3, -0.25) is 9.59 Å². The number of fused-ring (bicyclic) bond motifs is 1. The number of imidazole rings is 2. The lowest BCUT2D eigenvalue weighted by Crippen LogP contribution is -2.51. The van der Waals surface area contributed by atoms with E-state index in [1.54, 1.807) is 16.2 Å². The monoisotopic (exact) mass is 856 g/mol. The molecule has 318 valence electrons. The van der Waals surface area contributed by atoms with Crippen LogP contribution in [0.2, 0.25) is 5.15 Å². The first-order valence-electron chi connectivity index (χ1n) is 20.4. The number of alkyl carbamates (subject to hydrolysis) is 2. The first kappa shape index (κ1) is 42.7. The molecule has 2 aliphatic heterocycles. The summed E-state index contributed by atoms with van der Waals surface area (Å²) in [7, 11) is 2.58. The van der Waals surface area contributed by atoms with E-state index in [1.165, 1.54) is 14.2 Å². The summed E-state index contributed by atoms with van der Waals surface area (Å²) in [6.45, 7) is 12.9.